The molecule has 0 fully saturated rings. The average Bonchev–Trinajstić information content (AvgIpc) is 2.02. The Hall–Kier alpha value is -0.770. The Kier molecular flexibility index (Phi) is 5.46. The molecular formula is C9H17NO2S. The molecule has 0 aliphatic carbocycles. The molecule has 13 heavy (non-hydrogen) atoms. The molecular weight excluding hydrogens is 186 g/mol. The Labute approximate surface area is 82.1 Å². The minimum Gasteiger partial charge on any atom is -0.510 e. The molecule has 0 aromatic heterocycles. The zero-order valence-corrected chi connectivity index (χ0v) is 9.36. The molecule has 0 radical (unpaired) electrons. The standard InChI is InChI=1S/C9H17NO2S/c1-5-7(2)6-9(8(3)11)10-13(4)12/h6,10-11H,5H2,1-4H3/b7-6-,9-8-. The van der Waals surface area contributed by atoms with Crippen molar-refractivity contribution in [1.82, 2.24) is 4.72 Å². The van der Waals surface area contributed by atoms with Crippen molar-refractivity contribution in [2.75, 3.05) is 6.26 Å². The first kappa shape index (κ1) is 12.2. The van der Waals surface area contributed by atoms with Crippen molar-refractivity contribution in [1.29, 1.82) is 0 Å². The quantitative estimate of drug-likeness (QED) is 0.542. The molecule has 0 saturated heterocycles. The zero-order chi connectivity index (χ0) is 10.4. The Morgan fingerprint density at radius 2 is 2.08 bits per heavy atom. The summed E-state index contributed by atoms with van der Waals surface area (Å²) in [5, 5.41) is 9.24. The van der Waals surface area contributed by atoms with E-state index in [1.165, 1.54) is 6.26 Å². The van der Waals surface area contributed by atoms with Gasteiger partial charge in [-0.2, -0.15) is 0 Å². The molecule has 2 N–H and O–H groups in total. The van der Waals surface area contributed by atoms with Crippen molar-refractivity contribution in [3.8, 4) is 0 Å². The van der Waals surface area contributed by atoms with Gasteiger partial charge in [-0.25, -0.2) is 4.21 Å². The van der Waals surface area contributed by atoms with E-state index in [9.17, 15) is 9.32 Å². The van der Waals surface area contributed by atoms with Crippen molar-refractivity contribution < 1.29 is 9.32 Å². The molecule has 0 aromatic rings. The lowest BCUT2D eigenvalue weighted by molar-refractivity contribution is 0.407. The van der Waals surface area contributed by atoms with E-state index in [2.05, 4.69) is 4.72 Å². The molecule has 0 aliphatic heterocycles. The lowest BCUT2D eigenvalue weighted by Crippen LogP contribution is -2.15. The molecule has 0 aromatic carbocycles. The largest absolute Gasteiger partial charge is 0.510 e. The first-order chi connectivity index (χ1) is 5.97. The van der Waals surface area contributed by atoms with E-state index in [1.54, 1.807) is 13.0 Å². The maximum atomic E-state index is 10.9. The number of hydrogen-bond acceptors (Lipinski definition) is 2. The first-order valence-corrected chi connectivity index (χ1v) is 5.70. The summed E-state index contributed by atoms with van der Waals surface area (Å²) >= 11 is 0. The van der Waals surface area contributed by atoms with Gasteiger partial charge in [0.25, 0.3) is 0 Å². The van der Waals surface area contributed by atoms with Crippen LogP contribution in [0.25, 0.3) is 0 Å². The summed E-state index contributed by atoms with van der Waals surface area (Å²) in [6, 6.07) is 0. The van der Waals surface area contributed by atoms with E-state index in [4.69, 9.17) is 0 Å². The minimum absolute atomic E-state index is 0.156. The van der Waals surface area contributed by atoms with Crippen LogP contribution in [0.5, 0.6) is 0 Å². The molecule has 4 heteroatoms. The average molecular weight is 203 g/mol. The van der Waals surface area contributed by atoms with Gasteiger partial charge >= 0.3 is 0 Å². The second kappa shape index (κ2) is 5.80. The van der Waals surface area contributed by atoms with Crippen LogP contribution < -0.4 is 4.72 Å². The Balaban J connectivity index is 4.66. The van der Waals surface area contributed by atoms with Gasteiger partial charge < -0.3 is 9.83 Å². The number of hydrogen-bond donors (Lipinski definition) is 2. The van der Waals surface area contributed by atoms with Crippen molar-refractivity contribution >= 4 is 11.0 Å². The van der Waals surface area contributed by atoms with Gasteiger partial charge in [-0.15, -0.1) is 0 Å². The number of allylic oxidation sites excluding steroid dienone is 3. The number of rotatable bonds is 4. The van der Waals surface area contributed by atoms with E-state index in [0.29, 0.717) is 5.70 Å². The van der Waals surface area contributed by atoms with Gasteiger partial charge in [0.05, 0.1) is 5.70 Å². The molecule has 0 amide bonds. The van der Waals surface area contributed by atoms with Crippen LogP contribution in [-0.4, -0.2) is 15.6 Å². The highest BCUT2D eigenvalue weighted by molar-refractivity contribution is 7.82. The Morgan fingerprint density at radius 1 is 1.54 bits per heavy atom. The van der Waals surface area contributed by atoms with Crippen LogP contribution in [0.1, 0.15) is 27.2 Å². The van der Waals surface area contributed by atoms with Crippen molar-refractivity contribution in [2.24, 2.45) is 0 Å². The molecule has 0 rings (SSSR count). The number of aliphatic hydroxyl groups is 1. The van der Waals surface area contributed by atoms with Gasteiger partial charge in [0.15, 0.2) is 0 Å². The summed E-state index contributed by atoms with van der Waals surface area (Å²) in [6.07, 6.45) is 4.24. The molecule has 0 bridgehead atoms. The van der Waals surface area contributed by atoms with E-state index in [-0.39, 0.29) is 5.76 Å². The monoisotopic (exact) mass is 203 g/mol. The lowest BCUT2D eigenvalue weighted by Gasteiger charge is -2.06. The van der Waals surface area contributed by atoms with E-state index in [0.717, 1.165) is 12.0 Å². The van der Waals surface area contributed by atoms with Crippen molar-refractivity contribution in [3.05, 3.63) is 23.1 Å². The lowest BCUT2D eigenvalue weighted by atomic mass is 10.2. The maximum absolute atomic E-state index is 10.9. The summed E-state index contributed by atoms with van der Waals surface area (Å²) in [5.74, 6) is 0.156. The zero-order valence-electron chi connectivity index (χ0n) is 8.55. The highest BCUT2D eigenvalue weighted by atomic mass is 32.2. The van der Waals surface area contributed by atoms with Crippen LogP contribution in [0.4, 0.5) is 0 Å². The fourth-order valence-electron chi connectivity index (χ4n) is 0.711. The number of nitrogens with one attached hydrogen (secondary N) is 1. The molecule has 0 saturated carbocycles. The highest BCUT2D eigenvalue weighted by Gasteiger charge is 1.99. The van der Waals surface area contributed by atoms with Gasteiger partial charge in [-0.3, -0.25) is 0 Å². The maximum Gasteiger partial charge on any atom is 0.114 e. The van der Waals surface area contributed by atoms with Crippen LogP contribution in [0, 0.1) is 0 Å². The normalized spacial score (nSPS) is 16.5. The smallest absolute Gasteiger partial charge is 0.114 e. The van der Waals surface area contributed by atoms with Gasteiger partial charge in [0.1, 0.15) is 16.7 Å². The summed E-state index contributed by atoms with van der Waals surface area (Å²) in [6.45, 7) is 5.55. The predicted octanol–water partition coefficient (Wildman–Crippen LogP) is 2.02. The van der Waals surface area contributed by atoms with Crippen molar-refractivity contribution in [2.45, 2.75) is 27.2 Å². The van der Waals surface area contributed by atoms with Gasteiger partial charge in [-0.1, -0.05) is 12.5 Å². The summed E-state index contributed by atoms with van der Waals surface area (Å²) < 4.78 is 13.5. The predicted molar refractivity (Wildman–Crippen MR) is 56.6 cm³/mol. The van der Waals surface area contributed by atoms with Crippen LogP contribution >= 0.6 is 0 Å². The minimum atomic E-state index is -1.15. The van der Waals surface area contributed by atoms with Crippen LogP contribution in [0.15, 0.2) is 23.1 Å². The second-order valence-electron chi connectivity index (χ2n) is 2.90. The molecule has 0 heterocycles. The van der Waals surface area contributed by atoms with Crippen LogP contribution in [0.2, 0.25) is 0 Å². The molecule has 0 aliphatic rings. The SMILES string of the molecule is CC/C(C)=C\C(NS(C)=O)=C(/C)O. The Bertz CT molecular complexity index is 252. The number of aliphatic hydroxyl groups excluding tert-OH is 1. The van der Waals surface area contributed by atoms with E-state index in [1.807, 2.05) is 13.8 Å². The third-order valence-corrected chi connectivity index (χ3v) is 2.10. The summed E-state index contributed by atoms with van der Waals surface area (Å²) in [7, 11) is -1.15. The first-order valence-electron chi connectivity index (χ1n) is 4.14. The second-order valence-corrected chi connectivity index (χ2v) is 4.01. The van der Waals surface area contributed by atoms with Gasteiger partial charge in [-0.05, 0) is 26.3 Å². The van der Waals surface area contributed by atoms with Crippen LogP contribution in [0.3, 0.4) is 0 Å². The van der Waals surface area contributed by atoms with E-state index >= 15 is 0 Å². The summed E-state index contributed by atoms with van der Waals surface area (Å²) in [5.41, 5.74) is 1.65. The van der Waals surface area contributed by atoms with Crippen molar-refractivity contribution in [3.63, 3.8) is 0 Å². The Morgan fingerprint density at radius 3 is 2.38 bits per heavy atom. The van der Waals surface area contributed by atoms with Gasteiger partial charge in [0.2, 0.25) is 0 Å². The molecule has 0 spiro atoms. The molecule has 1 atom stereocenters. The van der Waals surface area contributed by atoms with Crippen LogP contribution in [-0.2, 0) is 11.0 Å². The molecule has 76 valence electrons. The molecule has 1 unspecified atom stereocenters. The van der Waals surface area contributed by atoms with Gasteiger partial charge in [0, 0.05) is 6.26 Å². The third kappa shape index (κ3) is 5.47. The fraction of sp³-hybridized carbons (Fsp3) is 0.556. The fourth-order valence-corrected chi connectivity index (χ4v) is 1.23. The summed E-state index contributed by atoms with van der Waals surface area (Å²) in [4.78, 5) is 0. The van der Waals surface area contributed by atoms with E-state index < -0.39 is 11.0 Å². The topological polar surface area (TPSA) is 49.3 Å². The third-order valence-electron chi connectivity index (χ3n) is 1.59. The highest BCUT2D eigenvalue weighted by Crippen LogP contribution is 2.06. The molecule has 3 nitrogen and oxygen atoms in total.